The number of nitrogens with one attached hydrogen (secondary N) is 1. The van der Waals surface area contributed by atoms with Gasteiger partial charge in [-0.1, -0.05) is 18.2 Å². The second kappa shape index (κ2) is 6.45. The van der Waals surface area contributed by atoms with E-state index in [1.165, 1.54) is 19.2 Å². The van der Waals surface area contributed by atoms with Gasteiger partial charge in [0.05, 0.1) is 7.11 Å². The van der Waals surface area contributed by atoms with Crippen molar-refractivity contribution in [2.24, 2.45) is 0 Å². The second-order valence-corrected chi connectivity index (χ2v) is 4.78. The molecule has 1 atom stereocenters. The van der Waals surface area contributed by atoms with E-state index in [0.717, 1.165) is 5.56 Å². The lowest BCUT2D eigenvalue weighted by molar-refractivity contribution is 0.385. The van der Waals surface area contributed by atoms with Gasteiger partial charge < -0.3 is 20.3 Å². The highest BCUT2D eigenvalue weighted by Crippen LogP contribution is 2.28. The first-order valence-electron chi connectivity index (χ1n) is 6.59. The predicted octanol–water partition coefficient (Wildman–Crippen LogP) is 3.10. The first-order valence-corrected chi connectivity index (χ1v) is 6.59. The van der Waals surface area contributed by atoms with Gasteiger partial charge in [0.2, 0.25) is 0 Å². The third-order valence-corrected chi connectivity index (χ3v) is 3.37. The van der Waals surface area contributed by atoms with E-state index in [4.69, 9.17) is 4.74 Å². The van der Waals surface area contributed by atoms with Crippen molar-refractivity contribution in [1.29, 1.82) is 0 Å². The number of methoxy groups -OCH3 is 1. The van der Waals surface area contributed by atoms with Crippen molar-refractivity contribution in [2.45, 2.75) is 19.5 Å². The van der Waals surface area contributed by atoms with Gasteiger partial charge in [-0.25, -0.2) is 4.39 Å². The molecular weight excluding hydrogens is 273 g/mol. The van der Waals surface area contributed by atoms with Crippen LogP contribution in [0.3, 0.4) is 0 Å². The normalized spacial score (nSPS) is 12.1. The zero-order chi connectivity index (χ0) is 15.4. The van der Waals surface area contributed by atoms with Gasteiger partial charge in [-0.2, -0.15) is 0 Å². The standard InChI is InChI=1S/C16H18FNO3/c1-10(11-6-7-15(21-2)13(17)8-11)18-9-12-4-3-5-14(19)16(12)20/h3-8,10,18-20H,9H2,1-2H3. The molecule has 2 aromatic rings. The van der Waals surface area contributed by atoms with E-state index in [0.29, 0.717) is 12.1 Å². The molecule has 21 heavy (non-hydrogen) atoms. The number of hydrogen-bond acceptors (Lipinski definition) is 4. The van der Waals surface area contributed by atoms with Gasteiger partial charge in [-0.05, 0) is 30.7 Å². The van der Waals surface area contributed by atoms with Crippen LogP contribution < -0.4 is 10.1 Å². The number of rotatable bonds is 5. The average molecular weight is 291 g/mol. The SMILES string of the molecule is COc1ccc(C(C)NCc2cccc(O)c2O)cc1F. The van der Waals surface area contributed by atoms with Crippen LogP contribution in [-0.2, 0) is 6.54 Å². The Morgan fingerprint density at radius 1 is 1.24 bits per heavy atom. The molecule has 0 saturated carbocycles. The molecule has 0 heterocycles. The number of aromatic hydroxyl groups is 2. The average Bonchev–Trinajstić information content (AvgIpc) is 2.48. The number of benzene rings is 2. The van der Waals surface area contributed by atoms with Crippen LogP contribution in [0, 0.1) is 5.82 Å². The zero-order valence-electron chi connectivity index (χ0n) is 11.9. The summed E-state index contributed by atoms with van der Waals surface area (Å²) in [5.74, 6) is -0.504. The van der Waals surface area contributed by atoms with Crippen LogP contribution in [0.4, 0.5) is 4.39 Å². The topological polar surface area (TPSA) is 61.7 Å². The van der Waals surface area contributed by atoms with Crippen molar-refractivity contribution in [3.05, 3.63) is 53.3 Å². The van der Waals surface area contributed by atoms with Gasteiger partial charge in [0.15, 0.2) is 23.1 Å². The summed E-state index contributed by atoms with van der Waals surface area (Å²) in [4.78, 5) is 0. The highest BCUT2D eigenvalue weighted by Gasteiger charge is 2.11. The summed E-state index contributed by atoms with van der Waals surface area (Å²) in [5.41, 5.74) is 1.35. The number of phenols is 2. The van der Waals surface area contributed by atoms with E-state index in [2.05, 4.69) is 5.32 Å². The van der Waals surface area contributed by atoms with Crippen molar-refractivity contribution in [1.82, 2.24) is 5.32 Å². The van der Waals surface area contributed by atoms with Crippen LogP contribution >= 0.6 is 0 Å². The molecule has 4 nitrogen and oxygen atoms in total. The highest BCUT2D eigenvalue weighted by molar-refractivity contribution is 5.44. The molecule has 0 saturated heterocycles. The molecule has 0 fully saturated rings. The fraction of sp³-hybridized carbons (Fsp3) is 0.250. The summed E-state index contributed by atoms with van der Waals surface area (Å²) in [6.45, 7) is 2.25. The van der Waals surface area contributed by atoms with E-state index in [-0.39, 0.29) is 23.3 Å². The maximum absolute atomic E-state index is 13.7. The molecule has 2 aromatic carbocycles. The number of ether oxygens (including phenoxy) is 1. The van der Waals surface area contributed by atoms with Crippen molar-refractivity contribution in [2.75, 3.05) is 7.11 Å². The van der Waals surface area contributed by atoms with Crippen LogP contribution in [0.25, 0.3) is 0 Å². The van der Waals surface area contributed by atoms with E-state index in [9.17, 15) is 14.6 Å². The Morgan fingerprint density at radius 3 is 2.67 bits per heavy atom. The molecule has 0 amide bonds. The Bertz CT molecular complexity index is 631. The molecule has 0 radical (unpaired) electrons. The minimum absolute atomic E-state index is 0.118. The van der Waals surface area contributed by atoms with Gasteiger partial charge in [0, 0.05) is 18.2 Å². The molecule has 5 heteroatoms. The summed E-state index contributed by atoms with van der Waals surface area (Å²) in [7, 11) is 1.42. The molecule has 0 aromatic heterocycles. The smallest absolute Gasteiger partial charge is 0.165 e. The molecule has 112 valence electrons. The zero-order valence-corrected chi connectivity index (χ0v) is 11.9. The lowest BCUT2D eigenvalue weighted by Crippen LogP contribution is -2.18. The van der Waals surface area contributed by atoms with Gasteiger partial charge in [0.1, 0.15) is 0 Å². The second-order valence-electron chi connectivity index (χ2n) is 4.78. The van der Waals surface area contributed by atoms with Crippen molar-refractivity contribution in [3.8, 4) is 17.2 Å². The molecule has 0 aliphatic rings. The summed E-state index contributed by atoms with van der Waals surface area (Å²) in [6, 6.07) is 9.44. The summed E-state index contributed by atoms with van der Waals surface area (Å²) in [6.07, 6.45) is 0. The monoisotopic (exact) mass is 291 g/mol. The number of para-hydroxylation sites is 1. The van der Waals surface area contributed by atoms with Crippen LogP contribution in [0.15, 0.2) is 36.4 Å². The Kier molecular flexibility index (Phi) is 4.65. The summed E-state index contributed by atoms with van der Waals surface area (Å²) in [5, 5.41) is 22.3. The first kappa shape index (κ1) is 15.1. The molecular formula is C16H18FNO3. The van der Waals surface area contributed by atoms with E-state index in [1.54, 1.807) is 24.3 Å². The Morgan fingerprint density at radius 2 is 2.00 bits per heavy atom. The number of hydrogen-bond donors (Lipinski definition) is 3. The molecule has 0 spiro atoms. The maximum atomic E-state index is 13.7. The van der Waals surface area contributed by atoms with Gasteiger partial charge in [-0.15, -0.1) is 0 Å². The van der Waals surface area contributed by atoms with Gasteiger partial charge in [-0.3, -0.25) is 0 Å². The van der Waals surface area contributed by atoms with E-state index < -0.39 is 5.82 Å². The molecule has 0 aliphatic heterocycles. The van der Waals surface area contributed by atoms with Gasteiger partial charge in [0.25, 0.3) is 0 Å². The van der Waals surface area contributed by atoms with Crippen LogP contribution in [0.5, 0.6) is 17.2 Å². The van der Waals surface area contributed by atoms with Crippen molar-refractivity contribution < 1.29 is 19.3 Å². The van der Waals surface area contributed by atoms with Crippen LogP contribution in [0.2, 0.25) is 0 Å². The lowest BCUT2D eigenvalue weighted by Gasteiger charge is -2.16. The minimum atomic E-state index is -0.413. The number of halogens is 1. The molecule has 0 aliphatic carbocycles. The third-order valence-electron chi connectivity index (χ3n) is 3.37. The Hall–Kier alpha value is -2.27. The molecule has 2 rings (SSSR count). The van der Waals surface area contributed by atoms with E-state index >= 15 is 0 Å². The molecule has 1 unspecified atom stereocenters. The minimum Gasteiger partial charge on any atom is -0.504 e. The van der Waals surface area contributed by atoms with Gasteiger partial charge >= 0.3 is 0 Å². The van der Waals surface area contributed by atoms with Crippen molar-refractivity contribution >= 4 is 0 Å². The summed E-state index contributed by atoms with van der Waals surface area (Å²) >= 11 is 0. The van der Waals surface area contributed by atoms with Crippen LogP contribution in [0.1, 0.15) is 24.1 Å². The Labute approximate surface area is 122 Å². The molecule has 3 N–H and O–H groups in total. The fourth-order valence-electron chi connectivity index (χ4n) is 2.05. The largest absolute Gasteiger partial charge is 0.504 e. The van der Waals surface area contributed by atoms with Crippen LogP contribution in [-0.4, -0.2) is 17.3 Å². The Balaban J connectivity index is 2.06. The predicted molar refractivity (Wildman–Crippen MR) is 78.0 cm³/mol. The summed E-state index contributed by atoms with van der Waals surface area (Å²) < 4.78 is 18.5. The first-order chi connectivity index (χ1) is 10.0. The number of phenolic OH excluding ortho intramolecular Hbond substituents is 2. The third kappa shape index (κ3) is 3.44. The van der Waals surface area contributed by atoms with Crippen molar-refractivity contribution in [3.63, 3.8) is 0 Å². The highest BCUT2D eigenvalue weighted by atomic mass is 19.1. The quantitative estimate of drug-likeness (QED) is 0.741. The maximum Gasteiger partial charge on any atom is 0.165 e. The fourth-order valence-corrected chi connectivity index (χ4v) is 2.05. The molecule has 0 bridgehead atoms. The van der Waals surface area contributed by atoms with E-state index in [1.807, 2.05) is 6.92 Å². The lowest BCUT2D eigenvalue weighted by atomic mass is 10.1.